The monoisotopic (exact) mass is 753 g/mol. The molecule has 53 heavy (non-hydrogen) atoms. The van der Waals surface area contributed by atoms with Gasteiger partial charge in [-0.2, -0.15) is 27.8 Å². The zero-order valence-corrected chi connectivity index (χ0v) is 28.7. The van der Waals surface area contributed by atoms with Crippen LogP contribution in [0.5, 0.6) is 5.75 Å². The van der Waals surface area contributed by atoms with Gasteiger partial charge in [-0.1, -0.05) is 18.5 Å². The van der Waals surface area contributed by atoms with Gasteiger partial charge in [-0.05, 0) is 43.7 Å². The predicted molar refractivity (Wildman–Crippen MR) is 182 cm³/mol. The lowest BCUT2D eigenvalue weighted by molar-refractivity contribution is -0.137. The van der Waals surface area contributed by atoms with Crippen LogP contribution < -0.4 is 15.8 Å². The highest BCUT2D eigenvalue weighted by atomic mass is 35.5. The molecule has 0 bridgehead atoms. The Labute approximate surface area is 301 Å². The molecule has 1 aliphatic heterocycles. The Kier molecular flexibility index (Phi) is 8.96. The molecule has 6 heterocycles. The fraction of sp³-hybridized carbons (Fsp3) is 0.273. The zero-order valence-electron chi connectivity index (χ0n) is 27.9. The number of rotatable bonds is 7. The number of halogens is 5. The highest BCUT2D eigenvalue weighted by Crippen LogP contribution is 2.34. The Hall–Kier alpha value is -6.11. The van der Waals surface area contributed by atoms with Gasteiger partial charge >= 0.3 is 6.18 Å². The molecule has 5 aromatic heterocycles. The Morgan fingerprint density at radius 1 is 1.08 bits per heavy atom. The van der Waals surface area contributed by atoms with Crippen LogP contribution in [-0.4, -0.2) is 86.7 Å². The van der Waals surface area contributed by atoms with Crippen molar-refractivity contribution in [3.63, 3.8) is 0 Å². The maximum Gasteiger partial charge on any atom is 0.416 e. The number of nitrogens with one attached hydrogen (secondary N) is 1. The number of hydrogen-bond acceptors (Lipinski definition) is 10. The van der Waals surface area contributed by atoms with E-state index in [0.717, 1.165) is 22.8 Å². The van der Waals surface area contributed by atoms with Crippen molar-refractivity contribution in [1.82, 2.24) is 43.6 Å². The van der Waals surface area contributed by atoms with Crippen LogP contribution >= 0.6 is 11.6 Å². The van der Waals surface area contributed by atoms with Crippen LogP contribution in [0.15, 0.2) is 53.8 Å². The summed E-state index contributed by atoms with van der Waals surface area (Å²) in [6.45, 7) is 3.38. The molecular weight excluding hydrogens is 726 g/mol. The molecule has 20 heteroatoms. The number of aromatic hydroxyl groups is 1. The molecule has 0 atom stereocenters. The van der Waals surface area contributed by atoms with E-state index in [1.165, 1.54) is 39.5 Å². The third kappa shape index (κ3) is 6.47. The van der Waals surface area contributed by atoms with Crippen LogP contribution in [0.3, 0.4) is 0 Å². The van der Waals surface area contributed by atoms with Crippen molar-refractivity contribution >= 4 is 46.1 Å². The summed E-state index contributed by atoms with van der Waals surface area (Å²) < 4.78 is 58.7. The Bertz CT molecular complexity index is 2490. The van der Waals surface area contributed by atoms with E-state index in [9.17, 15) is 32.7 Å². The number of hydrogen-bond donors (Lipinski definition) is 2. The molecule has 0 spiro atoms. The summed E-state index contributed by atoms with van der Waals surface area (Å²) in [4.78, 5) is 56.6. The molecule has 1 saturated heterocycles. The van der Waals surface area contributed by atoms with E-state index in [4.69, 9.17) is 11.6 Å². The predicted octanol–water partition coefficient (Wildman–Crippen LogP) is 3.98. The number of nitrogens with zero attached hydrogens (tertiary/aromatic N) is 10. The van der Waals surface area contributed by atoms with Gasteiger partial charge in [0.2, 0.25) is 11.7 Å². The van der Waals surface area contributed by atoms with E-state index >= 15 is 4.39 Å². The zero-order chi connectivity index (χ0) is 37.8. The van der Waals surface area contributed by atoms with E-state index in [0.29, 0.717) is 17.3 Å². The minimum atomic E-state index is -4.65. The molecule has 0 aliphatic carbocycles. The first-order valence-corrected chi connectivity index (χ1v) is 16.5. The quantitative estimate of drug-likeness (QED) is 0.228. The first-order chi connectivity index (χ1) is 25.2. The van der Waals surface area contributed by atoms with Gasteiger partial charge in [0, 0.05) is 32.4 Å². The lowest BCUT2D eigenvalue weighted by Gasteiger charge is -2.36. The van der Waals surface area contributed by atoms with Gasteiger partial charge in [0.15, 0.2) is 23.1 Å². The van der Waals surface area contributed by atoms with Gasteiger partial charge in [-0.15, -0.1) is 5.10 Å². The third-order valence-electron chi connectivity index (χ3n) is 8.85. The number of amides is 2. The number of aryl methyl sites for hydroxylation is 1. The molecule has 0 saturated carbocycles. The molecule has 274 valence electrons. The molecule has 2 N–H and O–H groups in total. The fourth-order valence-electron chi connectivity index (χ4n) is 6.19. The Morgan fingerprint density at radius 3 is 2.53 bits per heavy atom. The van der Waals surface area contributed by atoms with Crippen LogP contribution in [-0.2, 0) is 23.9 Å². The van der Waals surface area contributed by atoms with Crippen LogP contribution in [0.1, 0.15) is 34.4 Å². The van der Waals surface area contributed by atoms with Gasteiger partial charge in [-0.25, -0.2) is 18.9 Å². The van der Waals surface area contributed by atoms with Gasteiger partial charge in [-0.3, -0.25) is 14.4 Å². The second-order valence-corrected chi connectivity index (χ2v) is 12.5. The van der Waals surface area contributed by atoms with Crippen LogP contribution in [0, 0.1) is 12.7 Å². The molecule has 7 rings (SSSR count). The average molecular weight is 754 g/mol. The molecule has 15 nitrogen and oxygen atoms in total. The molecule has 1 aliphatic rings. The maximum absolute atomic E-state index is 15.3. The topological polar surface area (TPSA) is 168 Å². The summed E-state index contributed by atoms with van der Waals surface area (Å²) in [7, 11) is 0. The molecule has 0 radical (unpaired) electrons. The smallest absolute Gasteiger partial charge is 0.416 e. The Morgan fingerprint density at radius 2 is 1.83 bits per heavy atom. The number of aromatic nitrogens is 8. The lowest BCUT2D eigenvalue weighted by Crippen LogP contribution is -2.51. The van der Waals surface area contributed by atoms with E-state index in [1.54, 1.807) is 17.9 Å². The number of anilines is 2. The van der Waals surface area contributed by atoms with E-state index < -0.39 is 41.5 Å². The van der Waals surface area contributed by atoms with Crippen molar-refractivity contribution in [3.05, 3.63) is 92.9 Å². The number of benzene rings is 1. The van der Waals surface area contributed by atoms with Crippen LogP contribution in [0.4, 0.5) is 28.9 Å². The summed E-state index contributed by atoms with van der Waals surface area (Å²) in [6.07, 6.45) is -0.664. The van der Waals surface area contributed by atoms with Crippen molar-refractivity contribution < 1.29 is 32.3 Å². The highest BCUT2D eigenvalue weighted by Gasteiger charge is 2.32. The van der Waals surface area contributed by atoms with Gasteiger partial charge in [0.05, 0.1) is 44.9 Å². The molecule has 6 aromatic rings. The van der Waals surface area contributed by atoms with E-state index in [-0.39, 0.29) is 83.3 Å². The minimum absolute atomic E-state index is 0.0384. The summed E-state index contributed by atoms with van der Waals surface area (Å²) in [5.74, 6) is -2.55. The van der Waals surface area contributed by atoms with Crippen molar-refractivity contribution in [2.75, 3.05) is 36.4 Å². The first-order valence-electron chi connectivity index (χ1n) is 16.1. The highest BCUT2D eigenvalue weighted by molar-refractivity contribution is 6.33. The number of alkyl halides is 3. The van der Waals surface area contributed by atoms with Gasteiger partial charge in [0.25, 0.3) is 11.5 Å². The standard InChI is InChI=1S/C33H28ClF4N11O4/c1-3-24-27(45-8-10-46(11-9-45)30(52)26-28(51)17(2)39-16-40-26)31(53)49-32(43-29(44-49)20-13-19-6-7-41-48(19)14-22(20)35)47(24)15-25(50)42-23-5-4-18(12-21(23)34)33(36,37)38/h4-7,12-14,16,51H,3,8-11,15H2,1-2H3,(H,42,50). The summed E-state index contributed by atoms with van der Waals surface area (Å²) in [5, 5.41) is 20.9. The second kappa shape index (κ2) is 13.5. The molecule has 1 fully saturated rings. The van der Waals surface area contributed by atoms with Crippen LogP contribution in [0.2, 0.25) is 5.02 Å². The second-order valence-electron chi connectivity index (χ2n) is 12.1. The summed E-state index contributed by atoms with van der Waals surface area (Å²) >= 11 is 6.11. The minimum Gasteiger partial charge on any atom is -0.504 e. The van der Waals surface area contributed by atoms with Crippen LogP contribution in [0.25, 0.3) is 22.7 Å². The summed E-state index contributed by atoms with van der Waals surface area (Å²) in [5.41, 5.74) is -0.619. The molecule has 2 amide bonds. The first kappa shape index (κ1) is 35.3. The van der Waals surface area contributed by atoms with E-state index in [1.807, 2.05) is 0 Å². The maximum atomic E-state index is 15.3. The lowest BCUT2D eigenvalue weighted by atomic mass is 10.2. The average Bonchev–Trinajstić information content (AvgIpc) is 3.78. The van der Waals surface area contributed by atoms with Crippen molar-refractivity contribution in [2.45, 2.75) is 33.0 Å². The summed E-state index contributed by atoms with van der Waals surface area (Å²) in [6, 6.07) is 5.60. The molecule has 0 unspecified atom stereocenters. The fourth-order valence-corrected chi connectivity index (χ4v) is 6.42. The Balaban J connectivity index is 1.28. The normalized spacial score (nSPS) is 13.6. The number of carbonyl (C=O) groups is 2. The van der Waals surface area contributed by atoms with Crippen molar-refractivity contribution in [1.29, 1.82) is 0 Å². The third-order valence-corrected chi connectivity index (χ3v) is 9.16. The van der Waals surface area contributed by atoms with Gasteiger partial charge in [0.1, 0.15) is 18.6 Å². The number of piperazine rings is 1. The SMILES string of the molecule is CCc1c(N2CCN(C(=O)c3ncnc(C)c3O)CC2)c(=O)n2nc(-c3cc4ccnn4cc3F)nc2n1CC(=O)Nc1ccc(C(F)(F)F)cc1Cl. The number of fused-ring (bicyclic) bond motifs is 2. The van der Waals surface area contributed by atoms with Gasteiger partial charge < -0.3 is 24.8 Å². The van der Waals surface area contributed by atoms with E-state index in [2.05, 4.69) is 30.5 Å². The van der Waals surface area contributed by atoms with Crippen molar-refractivity contribution in [2.24, 2.45) is 0 Å². The molecule has 1 aromatic carbocycles. The number of pyridine rings is 1. The number of carbonyl (C=O) groups excluding carboxylic acids is 2. The van der Waals surface area contributed by atoms with Crippen molar-refractivity contribution in [3.8, 4) is 17.1 Å². The largest absolute Gasteiger partial charge is 0.504 e. The molecular formula is C33H28ClF4N11O4.